The van der Waals surface area contributed by atoms with Crippen molar-refractivity contribution in [2.75, 3.05) is 0 Å². The van der Waals surface area contributed by atoms with Crippen molar-refractivity contribution in [3.63, 3.8) is 0 Å². The molecule has 2 N–H and O–H groups in total. The Labute approximate surface area is 91.7 Å². The van der Waals surface area contributed by atoms with Crippen LogP contribution >= 0.6 is 8.60 Å². The molecule has 0 aliphatic carbocycles. The normalized spacial score (nSPS) is 11.9. The fourth-order valence-corrected chi connectivity index (χ4v) is 1.74. The molecule has 1 aromatic rings. The van der Waals surface area contributed by atoms with E-state index in [4.69, 9.17) is 14.3 Å². The SMILES string of the molecule is Cc1ccc(C(C)(C)C)c(OP(O)O)c1. The highest BCUT2D eigenvalue weighted by molar-refractivity contribution is 7.39. The molecular weight excluding hydrogens is 211 g/mol. The van der Waals surface area contributed by atoms with Crippen molar-refractivity contribution < 1.29 is 14.3 Å². The molecule has 1 aromatic carbocycles. The van der Waals surface area contributed by atoms with Crippen LogP contribution in [0.1, 0.15) is 31.9 Å². The molecule has 0 aliphatic rings. The Morgan fingerprint density at radius 1 is 1.20 bits per heavy atom. The maximum atomic E-state index is 8.89. The van der Waals surface area contributed by atoms with Crippen LogP contribution in [0.15, 0.2) is 18.2 Å². The minimum atomic E-state index is -2.35. The molecule has 4 heteroatoms. The molecule has 0 unspecified atom stereocenters. The van der Waals surface area contributed by atoms with E-state index in [0.717, 1.165) is 11.1 Å². The van der Waals surface area contributed by atoms with Crippen LogP contribution < -0.4 is 4.52 Å². The molecule has 0 bridgehead atoms. The summed E-state index contributed by atoms with van der Waals surface area (Å²) in [7, 11) is -2.35. The third-order valence-electron chi connectivity index (χ3n) is 2.13. The molecule has 3 nitrogen and oxygen atoms in total. The van der Waals surface area contributed by atoms with Gasteiger partial charge in [0.2, 0.25) is 0 Å². The zero-order valence-corrected chi connectivity index (χ0v) is 10.4. The second-order valence-electron chi connectivity index (χ2n) is 4.59. The molecule has 0 saturated heterocycles. The van der Waals surface area contributed by atoms with Gasteiger partial charge in [0.1, 0.15) is 5.75 Å². The van der Waals surface area contributed by atoms with Crippen LogP contribution in [-0.2, 0) is 5.41 Å². The van der Waals surface area contributed by atoms with E-state index in [2.05, 4.69) is 20.8 Å². The molecule has 0 radical (unpaired) electrons. The first-order valence-electron chi connectivity index (χ1n) is 4.77. The summed E-state index contributed by atoms with van der Waals surface area (Å²) >= 11 is 0. The average Bonchev–Trinajstić information content (AvgIpc) is 1.99. The molecule has 0 atom stereocenters. The minimum absolute atomic E-state index is 0.0750. The van der Waals surface area contributed by atoms with E-state index in [1.807, 2.05) is 25.1 Å². The van der Waals surface area contributed by atoms with Crippen LogP contribution in [0.3, 0.4) is 0 Å². The molecule has 0 aromatic heterocycles. The zero-order valence-electron chi connectivity index (χ0n) is 9.48. The van der Waals surface area contributed by atoms with Crippen LogP contribution in [0.4, 0.5) is 0 Å². The fourth-order valence-electron chi connectivity index (χ4n) is 1.41. The summed E-state index contributed by atoms with van der Waals surface area (Å²) in [6, 6.07) is 5.77. The van der Waals surface area contributed by atoms with Gasteiger partial charge in [-0.15, -0.1) is 0 Å². The third-order valence-corrected chi connectivity index (χ3v) is 2.49. The lowest BCUT2D eigenvalue weighted by molar-refractivity contribution is 0.369. The quantitative estimate of drug-likeness (QED) is 0.765. The van der Waals surface area contributed by atoms with E-state index in [9.17, 15) is 0 Å². The number of benzene rings is 1. The van der Waals surface area contributed by atoms with Crippen LogP contribution in [0.5, 0.6) is 5.75 Å². The van der Waals surface area contributed by atoms with E-state index in [-0.39, 0.29) is 5.41 Å². The monoisotopic (exact) mass is 228 g/mol. The third kappa shape index (κ3) is 3.45. The summed E-state index contributed by atoms with van der Waals surface area (Å²) in [5.41, 5.74) is 1.94. The van der Waals surface area contributed by atoms with E-state index in [0.29, 0.717) is 5.75 Å². The molecule has 0 heterocycles. The van der Waals surface area contributed by atoms with Crippen molar-refractivity contribution in [2.24, 2.45) is 0 Å². The Morgan fingerprint density at radius 2 is 1.80 bits per heavy atom. The Morgan fingerprint density at radius 3 is 2.27 bits per heavy atom. The lowest BCUT2D eigenvalue weighted by Gasteiger charge is -2.23. The second kappa shape index (κ2) is 4.48. The van der Waals surface area contributed by atoms with E-state index in [1.54, 1.807) is 0 Å². The van der Waals surface area contributed by atoms with Crippen LogP contribution in [0, 0.1) is 6.92 Å². The van der Waals surface area contributed by atoms with Crippen molar-refractivity contribution in [3.8, 4) is 5.75 Å². The van der Waals surface area contributed by atoms with E-state index < -0.39 is 8.60 Å². The van der Waals surface area contributed by atoms with Crippen molar-refractivity contribution in [1.82, 2.24) is 0 Å². The number of aryl methyl sites for hydroxylation is 1. The maximum absolute atomic E-state index is 8.89. The highest BCUT2D eigenvalue weighted by atomic mass is 31.2. The summed E-state index contributed by atoms with van der Waals surface area (Å²) < 4.78 is 5.03. The Kier molecular flexibility index (Phi) is 3.72. The van der Waals surface area contributed by atoms with Gasteiger partial charge < -0.3 is 14.3 Å². The molecule has 0 aliphatic heterocycles. The fraction of sp³-hybridized carbons (Fsp3) is 0.455. The molecular formula is C11H17O3P. The Bertz CT molecular complexity index is 342. The molecule has 0 fully saturated rings. The maximum Gasteiger partial charge on any atom is 0.391 e. The molecule has 15 heavy (non-hydrogen) atoms. The van der Waals surface area contributed by atoms with Gasteiger partial charge in [0.15, 0.2) is 0 Å². The lowest BCUT2D eigenvalue weighted by atomic mass is 9.86. The number of rotatable bonds is 2. The van der Waals surface area contributed by atoms with Crippen LogP contribution in [0.2, 0.25) is 0 Å². The summed E-state index contributed by atoms with van der Waals surface area (Å²) in [4.78, 5) is 17.8. The number of hydrogen-bond donors (Lipinski definition) is 2. The van der Waals surface area contributed by atoms with E-state index in [1.165, 1.54) is 0 Å². The van der Waals surface area contributed by atoms with Crippen molar-refractivity contribution in [3.05, 3.63) is 29.3 Å². The zero-order chi connectivity index (χ0) is 11.6. The minimum Gasteiger partial charge on any atom is -0.427 e. The van der Waals surface area contributed by atoms with Gasteiger partial charge in [0.05, 0.1) is 0 Å². The Balaban J connectivity index is 3.15. The van der Waals surface area contributed by atoms with Crippen LogP contribution in [-0.4, -0.2) is 9.79 Å². The first-order valence-corrected chi connectivity index (χ1v) is 5.94. The first kappa shape index (κ1) is 12.4. The van der Waals surface area contributed by atoms with Gasteiger partial charge in [0.25, 0.3) is 0 Å². The van der Waals surface area contributed by atoms with Gasteiger partial charge in [-0.3, -0.25) is 0 Å². The van der Waals surface area contributed by atoms with E-state index >= 15 is 0 Å². The topological polar surface area (TPSA) is 49.7 Å². The summed E-state index contributed by atoms with van der Waals surface area (Å²) in [5.74, 6) is 0.554. The first-order chi connectivity index (χ1) is 6.80. The van der Waals surface area contributed by atoms with Gasteiger partial charge >= 0.3 is 8.60 Å². The number of hydrogen-bond acceptors (Lipinski definition) is 3. The Hall–Kier alpha value is -0.630. The molecule has 0 spiro atoms. The van der Waals surface area contributed by atoms with Gasteiger partial charge in [-0.25, -0.2) is 0 Å². The van der Waals surface area contributed by atoms with Gasteiger partial charge in [-0.1, -0.05) is 32.9 Å². The lowest BCUT2D eigenvalue weighted by Crippen LogP contribution is -2.12. The largest absolute Gasteiger partial charge is 0.427 e. The van der Waals surface area contributed by atoms with Crippen molar-refractivity contribution >= 4 is 8.60 Å². The molecule has 0 saturated carbocycles. The summed E-state index contributed by atoms with van der Waals surface area (Å²) in [6.07, 6.45) is 0. The predicted molar refractivity (Wildman–Crippen MR) is 61.9 cm³/mol. The molecule has 1 rings (SSSR count). The highest BCUT2D eigenvalue weighted by Gasteiger charge is 2.20. The predicted octanol–water partition coefficient (Wildman–Crippen LogP) is 2.88. The van der Waals surface area contributed by atoms with Crippen molar-refractivity contribution in [2.45, 2.75) is 33.1 Å². The summed E-state index contributed by atoms with van der Waals surface area (Å²) in [5, 5.41) is 0. The molecule has 0 amide bonds. The van der Waals surface area contributed by atoms with Crippen molar-refractivity contribution in [1.29, 1.82) is 0 Å². The second-order valence-corrected chi connectivity index (χ2v) is 5.28. The molecule has 84 valence electrons. The van der Waals surface area contributed by atoms with Gasteiger partial charge in [-0.2, -0.15) is 0 Å². The summed E-state index contributed by atoms with van der Waals surface area (Å²) in [6.45, 7) is 8.11. The van der Waals surface area contributed by atoms with Crippen LogP contribution in [0.25, 0.3) is 0 Å². The smallest absolute Gasteiger partial charge is 0.391 e. The standard InChI is InChI=1S/C11H17O3P/c1-8-5-6-9(11(2,3)4)10(7-8)14-15(12)13/h5-7,12-13H,1-4H3. The van der Waals surface area contributed by atoms with Gasteiger partial charge in [-0.05, 0) is 24.0 Å². The average molecular weight is 228 g/mol. The highest BCUT2D eigenvalue weighted by Crippen LogP contribution is 2.37. The van der Waals surface area contributed by atoms with Gasteiger partial charge in [0, 0.05) is 5.56 Å².